The summed E-state index contributed by atoms with van der Waals surface area (Å²) < 4.78 is 40.0. The van der Waals surface area contributed by atoms with Crippen molar-refractivity contribution in [2.45, 2.75) is 42.8 Å². The van der Waals surface area contributed by atoms with Crippen LogP contribution in [0, 0.1) is 0 Å². The number of hydrogen-bond acceptors (Lipinski definition) is 11. The van der Waals surface area contributed by atoms with E-state index in [0.29, 0.717) is 0 Å². The highest BCUT2D eigenvalue weighted by Crippen LogP contribution is 2.52. The molecule has 0 fully saturated rings. The summed E-state index contributed by atoms with van der Waals surface area (Å²) in [6, 6.07) is 0.186. The van der Waals surface area contributed by atoms with Gasteiger partial charge in [0.1, 0.15) is 24.7 Å². The smallest absolute Gasteiger partial charge is 0.442 e. The van der Waals surface area contributed by atoms with Gasteiger partial charge in [-0.05, 0) is 17.5 Å². The van der Waals surface area contributed by atoms with Gasteiger partial charge in [0.05, 0.1) is 12.4 Å². The average Bonchev–Trinajstić information content (AvgIpc) is 3.79. The molecule has 244 valence electrons. The van der Waals surface area contributed by atoms with Crippen molar-refractivity contribution >= 4 is 47.3 Å². The summed E-state index contributed by atoms with van der Waals surface area (Å²) in [7, 11) is 0. The van der Waals surface area contributed by atoms with E-state index >= 15 is 0 Å². The number of carbonyl (C=O) groups excluding carboxylic acids is 4. The van der Waals surface area contributed by atoms with Crippen molar-refractivity contribution in [1.82, 2.24) is 21.3 Å². The highest BCUT2D eigenvalue weighted by molar-refractivity contribution is 8.00. The number of thioether (sulfide) groups is 1. The number of hydrogen-bond donors (Lipinski definition) is 7. The van der Waals surface area contributed by atoms with Gasteiger partial charge in [-0.2, -0.15) is 13.2 Å². The van der Waals surface area contributed by atoms with Crippen LogP contribution < -0.4 is 27.0 Å². The van der Waals surface area contributed by atoms with Crippen molar-refractivity contribution in [3.05, 3.63) is 45.8 Å². The molecule has 0 spiro atoms. The number of halogens is 3. The molecule has 0 saturated heterocycles. The van der Waals surface area contributed by atoms with E-state index in [1.165, 1.54) is 0 Å². The van der Waals surface area contributed by atoms with Gasteiger partial charge in [-0.25, -0.2) is 0 Å². The molecule has 18 nitrogen and oxygen atoms in total. The topological polar surface area (TPSA) is 290 Å². The number of aliphatic carboxylic acids is 2. The lowest BCUT2D eigenvalue weighted by atomic mass is 9.98. The molecule has 1 aromatic rings. The van der Waals surface area contributed by atoms with Crippen LogP contribution in [0.1, 0.15) is 30.0 Å². The number of benzene rings is 1. The second kappa shape index (κ2) is 16.2. The second-order valence-electron chi connectivity index (χ2n) is 9.15. The Labute approximate surface area is 255 Å². The Hall–Kier alpha value is -4.95. The molecule has 8 N–H and O–H groups in total. The Morgan fingerprint density at radius 3 is 2.20 bits per heavy atom. The monoisotopic (exact) mass is 660 g/mol. The molecule has 22 heteroatoms. The van der Waals surface area contributed by atoms with Crippen LogP contribution in [0.5, 0.6) is 0 Å². The molecule has 0 aromatic heterocycles. The van der Waals surface area contributed by atoms with Gasteiger partial charge in [0.15, 0.2) is 0 Å². The lowest BCUT2D eigenvalue weighted by Gasteiger charge is -2.21. The Morgan fingerprint density at radius 1 is 1.02 bits per heavy atom. The van der Waals surface area contributed by atoms with Gasteiger partial charge in [-0.15, -0.1) is 22.0 Å². The first-order valence-corrected chi connectivity index (χ1v) is 13.8. The van der Waals surface area contributed by atoms with Gasteiger partial charge in [0, 0.05) is 22.6 Å². The number of nitrogens with one attached hydrogen (secondary N) is 4. The number of carboxylic acids is 2. The van der Waals surface area contributed by atoms with E-state index in [9.17, 15) is 41.9 Å². The summed E-state index contributed by atoms with van der Waals surface area (Å²) in [5.74, 6) is -6.78. The summed E-state index contributed by atoms with van der Waals surface area (Å²) in [4.78, 5) is 74.4. The number of carboxylic acid groups (broad SMARTS) is 2. The number of carbonyl (C=O) groups is 6. The highest BCUT2D eigenvalue weighted by Gasteiger charge is 2.65. The van der Waals surface area contributed by atoms with Gasteiger partial charge >= 0.3 is 23.8 Å². The van der Waals surface area contributed by atoms with E-state index in [-0.39, 0.29) is 29.7 Å². The molecule has 0 saturated carbocycles. The summed E-state index contributed by atoms with van der Waals surface area (Å²) in [5, 5.41) is 36.0. The van der Waals surface area contributed by atoms with Crippen LogP contribution >= 0.6 is 11.8 Å². The van der Waals surface area contributed by atoms with E-state index in [1.807, 2.05) is 0 Å². The summed E-state index contributed by atoms with van der Waals surface area (Å²) in [5.41, 5.74) is 10.8. The molecule has 4 amide bonds. The maximum absolute atomic E-state index is 13.3. The van der Waals surface area contributed by atoms with Crippen LogP contribution in [-0.2, 0) is 34.4 Å². The molecule has 45 heavy (non-hydrogen) atoms. The minimum Gasteiger partial charge on any atom is -0.480 e. The molecule has 3 unspecified atom stereocenters. The van der Waals surface area contributed by atoms with Gasteiger partial charge in [-0.1, -0.05) is 29.4 Å². The molecule has 1 aliphatic heterocycles. The molecular formula is C23H27F3N10O8S. The highest BCUT2D eigenvalue weighted by atomic mass is 32.2. The van der Waals surface area contributed by atoms with Crippen molar-refractivity contribution in [2.75, 3.05) is 24.7 Å². The van der Waals surface area contributed by atoms with Crippen LogP contribution in [0.4, 0.5) is 13.2 Å². The van der Waals surface area contributed by atoms with E-state index < -0.39 is 84.5 Å². The lowest BCUT2D eigenvalue weighted by Crippen LogP contribution is -2.49. The average molecular weight is 661 g/mol. The molecule has 2 rings (SSSR count). The van der Waals surface area contributed by atoms with Gasteiger partial charge in [-0.3, -0.25) is 28.8 Å². The largest absolute Gasteiger partial charge is 0.480 e. The van der Waals surface area contributed by atoms with E-state index in [4.69, 9.17) is 21.5 Å². The minimum atomic E-state index is -4.79. The fourth-order valence-corrected chi connectivity index (χ4v) is 4.37. The second-order valence-corrected chi connectivity index (χ2v) is 10.2. The molecule has 1 aromatic carbocycles. The molecule has 0 aliphatic carbocycles. The predicted molar refractivity (Wildman–Crippen MR) is 147 cm³/mol. The Morgan fingerprint density at radius 2 is 1.67 bits per heavy atom. The molecule has 3 atom stereocenters. The molecule has 0 bridgehead atoms. The van der Waals surface area contributed by atoms with Gasteiger partial charge < -0.3 is 37.2 Å². The van der Waals surface area contributed by atoms with Crippen LogP contribution in [0.25, 0.3) is 10.4 Å². The lowest BCUT2D eigenvalue weighted by molar-refractivity contribution is -0.166. The van der Waals surface area contributed by atoms with Crippen molar-refractivity contribution in [2.24, 2.45) is 21.1 Å². The van der Waals surface area contributed by atoms with Crippen LogP contribution in [0.15, 0.2) is 39.6 Å². The zero-order chi connectivity index (χ0) is 33.8. The third kappa shape index (κ3) is 10.9. The van der Waals surface area contributed by atoms with Crippen LogP contribution in [-0.4, -0.2) is 88.8 Å². The molecule has 0 radical (unpaired) electrons. The Balaban J connectivity index is 2.09. The Kier molecular flexibility index (Phi) is 13.1. The first kappa shape index (κ1) is 36.2. The fourth-order valence-electron chi connectivity index (χ4n) is 3.52. The van der Waals surface area contributed by atoms with Crippen molar-refractivity contribution < 1.29 is 52.2 Å². The minimum absolute atomic E-state index is 0.0475. The zero-order valence-corrected chi connectivity index (χ0v) is 23.8. The Bertz CT molecular complexity index is 1370. The third-order valence-electron chi connectivity index (χ3n) is 5.88. The van der Waals surface area contributed by atoms with E-state index in [2.05, 4.69) is 41.5 Å². The maximum Gasteiger partial charge on any atom is 0.442 e. The summed E-state index contributed by atoms with van der Waals surface area (Å²) in [6.45, 7) is -1.29. The maximum atomic E-state index is 13.3. The SMILES string of the molecule is [N-]=[N+]=NCNC(=O)C(NC(=O)CSCC(NC(=O)CCC(N)C(=O)O)C(=O)NCC(=O)O)c1ccc(C2(C(F)(F)F)N=N2)cc1. The molecule has 1 aliphatic rings. The fraction of sp³-hybridized carbons (Fsp3) is 0.478. The number of azide groups is 1. The molecule has 1 heterocycles. The number of rotatable bonds is 18. The number of nitrogens with two attached hydrogens (primary N) is 1. The van der Waals surface area contributed by atoms with E-state index in [0.717, 1.165) is 36.0 Å². The summed E-state index contributed by atoms with van der Waals surface area (Å²) in [6.07, 6.45) is -5.43. The van der Waals surface area contributed by atoms with Crippen molar-refractivity contribution in [3.63, 3.8) is 0 Å². The van der Waals surface area contributed by atoms with Gasteiger partial charge in [0.2, 0.25) is 23.6 Å². The quantitative estimate of drug-likeness (QED) is 0.0629. The first-order valence-electron chi connectivity index (χ1n) is 12.7. The number of alkyl halides is 3. The van der Waals surface area contributed by atoms with Crippen molar-refractivity contribution in [3.8, 4) is 0 Å². The van der Waals surface area contributed by atoms with E-state index in [1.54, 1.807) is 0 Å². The predicted octanol–water partition coefficient (Wildman–Crippen LogP) is 0.0197. The summed E-state index contributed by atoms with van der Waals surface area (Å²) >= 11 is 0.789. The van der Waals surface area contributed by atoms with Gasteiger partial charge in [0.25, 0.3) is 0 Å². The molecular weight excluding hydrogens is 633 g/mol. The normalized spacial score (nSPS) is 14.9. The zero-order valence-electron chi connectivity index (χ0n) is 23.0. The standard InChI is InChI=1S/C23H27F3N10O8S/c24-23(25,26)22(34-35-22)12-3-1-11(2-4-12)18(20(42)30-10-31-36-28)33-16(38)9-45-8-14(19(41)29-7-17(39)40)32-15(37)6-5-13(27)21(43)44/h1-4,13-14,18H,5-10,27H2,(H,29,41)(H,30,42)(H,32,37)(H,33,38)(H,39,40)(H,43,44). The number of amides is 4. The van der Waals surface area contributed by atoms with Crippen molar-refractivity contribution in [1.29, 1.82) is 0 Å². The first-order chi connectivity index (χ1) is 21.1. The third-order valence-corrected chi connectivity index (χ3v) is 6.91. The van der Waals surface area contributed by atoms with Crippen LogP contribution in [0.3, 0.4) is 0 Å². The van der Waals surface area contributed by atoms with Crippen LogP contribution in [0.2, 0.25) is 0 Å². The number of nitrogens with zero attached hydrogens (tertiary/aromatic N) is 5.